The summed E-state index contributed by atoms with van der Waals surface area (Å²) in [5, 5.41) is 0. The lowest BCUT2D eigenvalue weighted by atomic mass is 10.1. The smallest absolute Gasteiger partial charge is 0.340 e. The van der Waals surface area contributed by atoms with Gasteiger partial charge in [-0.05, 0) is 69.0 Å². The standard InChI is InChI=1S/C28H31NO6S/c1-22-14-16-23(17-15-22)36(31,32)29-18-6-7-19-33-26-12-4-5-13-27(26)34-20-8-9-21-35-28(30)24-10-2-3-11-25(24)29/h2-5,10-17H,6-9,18-21H2,1H3. The zero-order valence-electron chi connectivity index (χ0n) is 20.4. The summed E-state index contributed by atoms with van der Waals surface area (Å²) in [6.07, 6.45) is 2.44. The van der Waals surface area contributed by atoms with Gasteiger partial charge >= 0.3 is 5.97 Å². The average molecular weight is 510 g/mol. The van der Waals surface area contributed by atoms with Gasteiger partial charge in [0.15, 0.2) is 11.5 Å². The minimum Gasteiger partial charge on any atom is -0.490 e. The fourth-order valence-electron chi connectivity index (χ4n) is 3.93. The van der Waals surface area contributed by atoms with Crippen LogP contribution in [-0.4, -0.2) is 40.8 Å². The van der Waals surface area contributed by atoms with Gasteiger partial charge in [-0.15, -0.1) is 0 Å². The molecule has 0 aliphatic carbocycles. The molecule has 1 aliphatic rings. The Morgan fingerprint density at radius 1 is 0.694 bits per heavy atom. The summed E-state index contributed by atoms with van der Waals surface area (Å²) < 4.78 is 46.1. The number of rotatable bonds is 2. The van der Waals surface area contributed by atoms with Crippen LogP contribution in [0.2, 0.25) is 0 Å². The third-order valence-corrected chi connectivity index (χ3v) is 7.72. The maximum Gasteiger partial charge on any atom is 0.340 e. The number of carbonyl (C=O) groups is 1. The van der Waals surface area contributed by atoms with E-state index in [2.05, 4.69) is 0 Å². The minimum absolute atomic E-state index is 0.171. The number of sulfonamides is 1. The van der Waals surface area contributed by atoms with Crippen molar-refractivity contribution in [3.8, 4) is 11.5 Å². The van der Waals surface area contributed by atoms with E-state index in [1.807, 2.05) is 31.2 Å². The van der Waals surface area contributed by atoms with Crippen molar-refractivity contribution in [2.24, 2.45) is 0 Å². The lowest BCUT2D eigenvalue weighted by Crippen LogP contribution is -2.33. The van der Waals surface area contributed by atoms with Gasteiger partial charge in [0.05, 0.1) is 36.0 Å². The molecule has 0 atom stereocenters. The summed E-state index contributed by atoms with van der Waals surface area (Å²) in [6, 6.07) is 20.9. The molecule has 0 spiro atoms. The van der Waals surface area contributed by atoms with E-state index < -0.39 is 16.0 Å². The molecule has 1 heterocycles. The van der Waals surface area contributed by atoms with E-state index >= 15 is 0 Å². The molecule has 190 valence electrons. The Morgan fingerprint density at radius 3 is 1.92 bits per heavy atom. The van der Waals surface area contributed by atoms with Crippen LogP contribution >= 0.6 is 0 Å². The molecule has 0 radical (unpaired) electrons. The van der Waals surface area contributed by atoms with Gasteiger partial charge in [-0.25, -0.2) is 13.2 Å². The summed E-state index contributed by atoms with van der Waals surface area (Å²) in [5.74, 6) is 0.770. The lowest BCUT2D eigenvalue weighted by Gasteiger charge is -2.26. The number of hydrogen-bond acceptors (Lipinski definition) is 6. The van der Waals surface area contributed by atoms with Gasteiger partial charge < -0.3 is 14.2 Å². The van der Waals surface area contributed by atoms with Crippen molar-refractivity contribution in [3.63, 3.8) is 0 Å². The second-order valence-corrected chi connectivity index (χ2v) is 10.5. The quantitative estimate of drug-likeness (QED) is 0.432. The lowest BCUT2D eigenvalue weighted by molar-refractivity contribution is 0.0495. The molecule has 0 amide bonds. The highest BCUT2D eigenvalue weighted by Gasteiger charge is 2.28. The van der Waals surface area contributed by atoms with Crippen LogP contribution < -0.4 is 13.8 Å². The highest BCUT2D eigenvalue weighted by molar-refractivity contribution is 7.92. The van der Waals surface area contributed by atoms with E-state index in [0.29, 0.717) is 56.1 Å². The fraction of sp³-hybridized carbons (Fsp3) is 0.321. The Kier molecular flexibility index (Phi) is 8.48. The Bertz CT molecular complexity index is 1270. The summed E-state index contributed by atoms with van der Waals surface area (Å²) in [6.45, 7) is 3.17. The van der Waals surface area contributed by atoms with E-state index in [0.717, 1.165) is 5.56 Å². The molecule has 4 rings (SSSR count). The molecule has 3 aromatic carbocycles. The van der Waals surface area contributed by atoms with Crippen LogP contribution in [0.15, 0.2) is 77.7 Å². The fourth-order valence-corrected chi connectivity index (χ4v) is 5.45. The summed E-state index contributed by atoms with van der Waals surface area (Å²) >= 11 is 0. The Hall–Kier alpha value is -3.52. The van der Waals surface area contributed by atoms with Gasteiger partial charge in [0.25, 0.3) is 10.0 Å². The SMILES string of the molecule is Cc1ccc(S(=O)(=O)N2CCCCOc3ccccc3OCCCCOC(=O)c3ccccc32)cc1. The number of fused-ring (bicyclic) bond motifs is 2. The normalized spacial score (nSPS) is 15.9. The number of esters is 1. The number of hydrogen-bond donors (Lipinski definition) is 0. The van der Waals surface area contributed by atoms with Crippen LogP contribution in [0.1, 0.15) is 41.6 Å². The first-order valence-electron chi connectivity index (χ1n) is 12.2. The van der Waals surface area contributed by atoms with E-state index in [1.165, 1.54) is 4.31 Å². The van der Waals surface area contributed by atoms with E-state index in [-0.39, 0.29) is 23.6 Å². The zero-order valence-corrected chi connectivity index (χ0v) is 21.2. The van der Waals surface area contributed by atoms with E-state index in [9.17, 15) is 13.2 Å². The van der Waals surface area contributed by atoms with E-state index in [4.69, 9.17) is 14.2 Å². The third kappa shape index (κ3) is 6.18. The van der Waals surface area contributed by atoms with Crippen LogP contribution in [0, 0.1) is 6.92 Å². The van der Waals surface area contributed by atoms with Crippen LogP contribution in [0.5, 0.6) is 11.5 Å². The van der Waals surface area contributed by atoms with Crippen LogP contribution in [0.3, 0.4) is 0 Å². The predicted octanol–water partition coefficient (Wildman–Crippen LogP) is 5.38. The Morgan fingerprint density at radius 2 is 1.25 bits per heavy atom. The zero-order chi connectivity index (χ0) is 25.4. The number of aryl methyl sites for hydroxylation is 1. The highest BCUT2D eigenvalue weighted by Crippen LogP contribution is 2.30. The Labute approximate surface area is 212 Å². The van der Waals surface area contributed by atoms with Crippen LogP contribution in [0.25, 0.3) is 0 Å². The predicted molar refractivity (Wildman–Crippen MR) is 138 cm³/mol. The molecule has 0 unspecified atom stereocenters. The van der Waals surface area contributed by atoms with Gasteiger partial charge in [-0.1, -0.05) is 42.0 Å². The largest absolute Gasteiger partial charge is 0.490 e. The molecule has 0 aromatic heterocycles. The van der Waals surface area contributed by atoms with Crippen molar-refractivity contribution in [2.75, 3.05) is 30.7 Å². The summed E-state index contributed by atoms with van der Waals surface area (Å²) in [5.41, 5.74) is 1.49. The van der Waals surface area contributed by atoms with Crippen LogP contribution in [0.4, 0.5) is 5.69 Å². The second-order valence-electron chi connectivity index (χ2n) is 8.60. The van der Waals surface area contributed by atoms with E-state index in [1.54, 1.807) is 48.5 Å². The molecular formula is C28H31NO6S. The summed E-state index contributed by atoms with van der Waals surface area (Å²) in [4.78, 5) is 13.1. The molecule has 0 fully saturated rings. The van der Waals surface area contributed by atoms with Gasteiger partial charge in [-0.3, -0.25) is 4.31 Å². The second kappa shape index (κ2) is 11.9. The molecule has 1 aliphatic heterocycles. The van der Waals surface area contributed by atoms with Crippen molar-refractivity contribution in [1.29, 1.82) is 0 Å². The summed E-state index contributed by atoms with van der Waals surface area (Å²) in [7, 11) is -3.92. The Balaban J connectivity index is 1.64. The number of anilines is 1. The van der Waals surface area contributed by atoms with Crippen molar-refractivity contribution in [2.45, 2.75) is 37.5 Å². The topological polar surface area (TPSA) is 82.1 Å². The molecule has 0 saturated carbocycles. The molecule has 0 saturated heterocycles. The first kappa shape index (κ1) is 25.6. The highest BCUT2D eigenvalue weighted by atomic mass is 32.2. The monoisotopic (exact) mass is 509 g/mol. The molecule has 3 aromatic rings. The number of benzene rings is 3. The van der Waals surface area contributed by atoms with Gasteiger partial charge in [0.1, 0.15) is 0 Å². The van der Waals surface area contributed by atoms with Crippen molar-refractivity contribution in [3.05, 3.63) is 83.9 Å². The van der Waals surface area contributed by atoms with Gasteiger partial charge in [0, 0.05) is 6.54 Å². The maximum atomic E-state index is 13.7. The van der Waals surface area contributed by atoms with Crippen molar-refractivity contribution in [1.82, 2.24) is 0 Å². The van der Waals surface area contributed by atoms with Crippen LogP contribution in [-0.2, 0) is 14.8 Å². The van der Waals surface area contributed by atoms with Crippen molar-refractivity contribution >= 4 is 21.7 Å². The van der Waals surface area contributed by atoms with Gasteiger partial charge in [0.2, 0.25) is 0 Å². The van der Waals surface area contributed by atoms with Crippen molar-refractivity contribution < 1.29 is 27.4 Å². The van der Waals surface area contributed by atoms with Gasteiger partial charge in [-0.2, -0.15) is 0 Å². The maximum absolute atomic E-state index is 13.7. The molecule has 7 nitrogen and oxygen atoms in total. The average Bonchev–Trinajstić information content (AvgIpc) is 2.88. The number of cyclic esters (lactones) is 1. The number of nitrogens with zero attached hydrogens (tertiary/aromatic N) is 1. The third-order valence-electron chi connectivity index (χ3n) is 5.89. The molecule has 36 heavy (non-hydrogen) atoms. The minimum atomic E-state index is -3.92. The molecule has 0 N–H and O–H groups in total. The number of ether oxygens (including phenoxy) is 3. The molecular weight excluding hydrogens is 478 g/mol. The first-order valence-corrected chi connectivity index (χ1v) is 13.6. The first-order chi connectivity index (χ1) is 17.5. The number of para-hydroxylation sites is 3. The molecule has 8 heteroatoms. The molecule has 0 bridgehead atoms. The number of carbonyl (C=O) groups excluding carboxylic acids is 1.